The highest BCUT2D eigenvalue weighted by Gasteiger charge is 2.11. The van der Waals surface area contributed by atoms with E-state index in [0.717, 1.165) is 6.42 Å². The Labute approximate surface area is 101 Å². The molecule has 0 aliphatic rings. The second-order valence-corrected chi connectivity index (χ2v) is 3.60. The molecule has 1 rings (SSSR count). The van der Waals surface area contributed by atoms with Crippen LogP contribution in [0.2, 0.25) is 0 Å². The average Bonchev–Trinajstić information content (AvgIpc) is 2.34. The van der Waals surface area contributed by atoms with Gasteiger partial charge in [-0.3, -0.25) is 4.79 Å². The van der Waals surface area contributed by atoms with E-state index in [1.807, 2.05) is 0 Å². The third-order valence-corrected chi connectivity index (χ3v) is 2.28. The summed E-state index contributed by atoms with van der Waals surface area (Å²) in [4.78, 5) is 11.6. The number of amides is 1. The smallest absolute Gasteiger partial charge is 0.423 e. The molecule has 6 heteroatoms. The Bertz CT molecular complexity index is 353. The predicted octanol–water partition coefficient (Wildman–Crippen LogP) is -0.867. The van der Waals surface area contributed by atoms with Gasteiger partial charge in [0.2, 0.25) is 0 Å². The summed E-state index contributed by atoms with van der Waals surface area (Å²) >= 11 is 0. The molecule has 1 aromatic carbocycles. The molecule has 0 aromatic heterocycles. The number of carbonyl (C=O) groups excluding carboxylic acids is 1. The largest absolute Gasteiger partial charge is 0.488 e. The molecule has 0 bridgehead atoms. The van der Waals surface area contributed by atoms with Crippen molar-refractivity contribution in [2.75, 3.05) is 20.3 Å². The van der Waals surface area contributed by atoms with E-state index in [1.165, 1.54) is 12.1 Å². The summed E-state index contributed by atoms with van der Waals surface area (Å²) in [6.45, 7) is 1.16. The summed E-state index contributed by atoms with van der Waals surface area (Å²) < 4.78 is 4.86. The third kappa shape index (κ3) is 4.56. The first-order valence-electron chi connectivity index (χ1n) is 5.38. The molecule has 17 heavy (non-hydrogen) atoms. The quantitative estimate of drug-likeness (QED) is 0.444. The molecule has 0 unspecified atom stereocenters. The zero-order chi connectivity index (χ0) is 12.7. The van der Waals surface area contributed by atoms with Crippen LogP contribution in [-0.2, 0) is 4.74 Å². The van der Waals surface area contributed by atoms with Gasteiger partial charge in [0.15, 0.2) is 0 Å². The fraction of sp³-hybridized carbons (Fsp3) is 0.364. The van der Waals surface area contributed by atoms with Gasteiger partial charge in [-0.2, -0.15) is 0 Å². The topological polar surface area (TPSA) is 78.8 Å². The SMILES string of the molecule is COCCCNC(=O)c1ccc(B(O)O)cc1. The highest BCUT2D eigenvalue weighted by Crippen LogP contribution is 1.97. The van der Waals surface area contributed by atoms with Gasteiger partial charge in [-0.1, -0.05) is 12.1 Å². The molecule has 0 aliphatic heterocycles. The van der Waals surface area contributed by atoms with Gasteiger partial charge in [0.05, 0.1) is 0 Å². The zero-order valence-electron chi connectivity index (χ0n) is 9.72. The second-order valence-electron chi connectivity index (χ2n) is 3.60. The van der Waals surface area contributed by atoms with Crippen LogP contribution in [0.4, 0.5) is 0 Å². The van der Waals surface area contributed by atoms with Gasteiger partial charge in [0, 0.05) is 25.8 Å². The van der Waals surface area contributed by atoms with Crippen molar-refractivity contribution in [1.29, 1.82) is 0 Å². The van der Waals surface area contributed by atoms with E-state index in [1.54, 1.807) is 19.2 Å². The number of ether oxygens (including phenoxy) is 1. The van der Waals surface area contributed by atoms with Gasteiger partial charge >= 0.3 is 7.12 Å². The summed E-state index contributed by atoms with van der Waals surface area (Å²) in [6.07, 6.45) is 0.760. The molecule has 0 aliphatic carbocycles. The monoisotopic (exact) mass is 237 g/mol. The van der Waals surface area contributed by atoms with Crippen molar-refractivity contribution >= 4 is 18.5 Å². The maximum absolute atomic E-state index is 11.6. The lowest BCUT2D eigenvalue weighted by Crippen LogP contribution is -2.30. The van der Waals surface area contributed by atoms with Crippen LogP contribution < -0.4 is 10.8 Å². The lowest BCUT2D eigenvalue weighted by atomic mass is 9.80. The molecule has 1 amide bonds. The summed E-state index contributed by atoms with van der Waals surface area (Å²) in [7, 11) is 0.106. The first kappa shape index (κ1) is 13.7. The zero-order valence-corrected chi connectivity index (χ0v) is 9.72. The molecule has 1 aromatic rings. The molecule has 0 atom stereocenters. The van der Waals surface area contributed by atoms with Crippen LogP contribution in [-0.4, -0.2) is 43.3 Å². The van der Waals surface area contributed by atoms with Crippen LogP contribution in [0.1, 0.15) is 16.8 Å². The summed E-state index contributed by atoms with van der Waals surface area (Å²) in [5, 5.41) is 20.5. The molecule has 5 nitrogen and oxygen atoms in total. The molecule has 92 valence electrons. The highest BCUT2D eigenvalue weighted by atomic mass is 16.5. The van der Waals surface area contributed by atoms with Crippen molar-refractivity contribution in [2.24, 2.45) is 0 Å². The average molecular weight is 237 g/mol. The highest BCUT2D eigenvalue weighted by molar-refractivity contribution is 6.58. The maximum Gasteiger partial charge on any atom is 0.488 e. The van der Waals surface area contributed by atoms with Crippen molar-refractivity contribution in [3.63, 3.8) is 0 Å². The standard InChI is InChI=1S/C11H16BNO4/c1-17-8-2-7-13-11(14)9-3-5-10(6-4-9)12(15)16/h3-6,15-16H,2,7-8H2,1H3,(H,13,14). The van der Waals surface area contributed by atoms with Gasteiger partial charge in [0.25, 0.3) is 5.91 Å². The van der Waals surface area contributed by atoms with Crippen LogP contribution in [0.15, 0.2) is 24.3 Å². The molecule has 0 fully saturated rings. The van der Waals surface area contributed by atoms with Crippen molar-refractivity contribution < 1.29 is 19.6 Å². The Kier molecular flexibility index (Phi) is 5.69. The predicted molar refractivity (Wildman–Crippen MR) is 65.1 cm³/mol. The van der Waals surface area contributed by atoms with Crippen LogP contribution in [0, 0.1) is 0 Å². The summed E-state index contributed by atoms with van der Waals surface area (Å²) in [6, 6.07) is 6.13. The van der Waals surface area contributed by atoms with Gasteiger partial charge in [-0.15, -0.1) is 0 Å². The second kappa shape index (κ2) is 7.06. The van der Waals surface area contributed by atoms with Crippen LogP contribution in [0.5, 0.6) is 0 Å². The van der Waals surface area contributed by atoms with Crippen LogP contribution >= 0.6 is 0 Å². The Hall–Kier alpha value is -1.37. The molecule has 3 N–H and O–H groups in total. The van der Waals surface area contributed by atoms with Gasteiger partial charge < -0.3 is 20.1 Å². The molecule has 0 heterocycles. The van der Waals surface area contributed by atoms with E-state index < -0.39 is 7.12 Å². The minimum atomic E-state index is -1.51. The van der Waals surface area contributed by atoms with Crippen molar-refractivity contribution in [3.8, 4) is 0 Å². The minimum absolute atomic E-state index is 0.180. The van der Waals surface area contributed by atoms with E-state index in [2.05, 4.69) is 5.32 Å². The fourth-order valence-electron chi connectivity index (χ4n) is 1.33. The van der Waals surface area contributed by atoms with Gasteiger partial charge in [0.1, 0.15) is 0 Å². The van der Waals surface area contributed by atoms with Crippen LogP contribution in [0.25, 0.3) is 0 Å². The first-order chi connectivity index (χ1) is 8.15. The molecular weight excluding hydrogens is 221 g/mol. The number of hydrogen-bond acceptors (Lipinski definition) is 4. The fourth-order valence-corrected chi connectivity index (χ4v) is 1.33. The molecule has 0 saturated heterocycles. The summed E-state index contributed by atoms with van der Waals surface area (Å²) in [5.74, 6) is -0.180. The van der Waals surface area contributed by atoms with E-state index in [9.17, 15) is 4.79 Å². The first-order valence-corrected chi connectivity index (χ1v) is 5.38. The van der Waals surface area contributed by atoms with E-state index in [-0.39, 0.29) is 5.91 Å². The summed E-state index contributed by atoms with van der Waals surface area (Å²) in [5.41, 5.74) is 0.854. The Balaban J connectivity index is 2.46. The minimum Gasteiger partial charge on any atom is -0.423 e. The maximum atomic E-state index is 11.6. The third-order valence-electron chi connectivity index (χ3n) is 2.28. The molecular formula is C11H16BNO4. The normalized spacial score (nSPS) is 10.1. The van der Waals surface area contributed by atoms with Crippen molar-refractivity contribution in [1.82, 2.24) is 5.32 Å². The molecule has 0 spiro atoms. The number of methoxy groups -OCH3 is 1. The Morgan fingerprint density at radius 2 is 2.00 bits per heavy atom. The lowest BCUT2D eigenvalue weighted by molar-refractivity contribution is 0.0948. The number of carbonyl (C=O) groups is 1. The van der Waals surface area contributed by atoms with E-state index >= 15 is 0 Å². The van der Waals surface area contributed by atoms with E-state index in [4.69, 9.17) is 14.8 Å². The Morgan fingerprint density at radius 3 is 2.53 bits per heavy atom. The number of rotatable bonds is 6. The lowest BCUT2D eigenvalue weighted by Gasteiger charge is -2.05. The van der Waals surface area contributed by atoms with Gasteiger partial charge in [-0.05, 0) is 24.0 Å². The van der Waals surface area contributed by atoms with Gasteiger partial charge in [-0.25, -0.2) is 0 Å². The number of benzene rings is 1. The molecule has 0 saturated carbocycles. The van der Waals surface area contributed by atoms with Crippen LogP contribution in [0.3, 0.4) is 0 Å². The Morgan fingerprint density at radius 1 is 1.35 bits per heavy atom. The van der Waals surface area contributed by atoms with E-state index in [0.29, 0.717) is 24.2 Å². The van der Waals surface area contributed by atoms with Crippen molar-refractivity contribution in [3.05, 3.63) is 29.8 Å². The number of nitrogens with one attached hydrogen (secondary N) is 1. The molecule has 0 radical (unpaired) electrons. The number of hydrogen-bond donors (Lipinski definition) is 3. The van der Waals surface area contributed by atoms with Crippen molar-refractivity contribution in [2.45, 2.75) is 6.42 Å².